The first-order valence-electron chi connectivity index (χ1n) is 12.1. The van der Waals surface area contributed by atoms with E-state index in [0.29, 0.717) is 11.6 Å². The molecular weight excluding hydrogens is 382 g/mol. The van der Waals surface area contributed by atoms with Crippen LogP contribution in [-0.2, 0) is 4.74 Å². The number of benzene rings is 2. The number of esters is 1. The first-order chi connectivity index (χ1) is 15.0. The number of aryl methyl sites for hydroxylation is 1. The highest BCUT2D eigenvalue weighted by Gasteiger charge is 2.22. The van der Waals surface area contributed by atoms with E-state index in [1.807, 2.05) is 18.2 Å². The number of nitrogens with one attached hydrogen (secondary N) is 1. The second kappa shape index (κ2) is 11.5. The zero-order valence-corrected chi connectivity index (χ0v) is 19.7. The van der Waals surface area contributed by atoms with E-state index in [-0.39, 0.29) is 12.0 Å². The molecule has 168 valence electrons. The highest BCUT2D eigenvalue weighted by molar-refractivity contribution is 5.97. The summed E-state index contributed by atoms with van der Waals surface area (Å²) < 4.78 is 5.07. The number of hydrogen-bond acceptors (Lipinski definition) is 3. The topological polar surface area (TPSA) is 38.3 Å². The maximum atomic E-state index is 12.4. The Morgan fingerprint density at radius 3 is 2.52 bits per heavy atom. The Kier molecular flexibility index (Phi) is 8.71. The second-order valence-electron chi connectivity index (χ2n) is 9.23. The maximum Gasteiger partial charge on any atom is 0.338 e. The van der Waals surface area contributed by atoms with Gasteiger partial charge in [-0.15, -0.1) is 0 Å². The van der Waals surface area contributed by atoms with Crippen LogP contribution < -0.4 is 5.32 Å². The van der Waals surface area contributed by atoms with Gasteiger partial charge in [-0.3, -0.25) is 0 Å². The van der Waals surface area contributed by atoms with Crippen LogP contribution >= 0.6 is 0 Å². The van der Waals surface area contributed by atoms with Gasteiger partial charge in [0.2, 0.25) is 0 Å². The molecule has 0 saturated heterocycles. The van der Waals surface area contributed by atoms with Crippen LogP contribution in [0.5, 0.6) is 0 Å². The van der Waals surface area contributed by atoms with Crippen molar-refractivity contribution in [2.24, 2.45) is 5.92 Å². The molecule has 3 heteroatoms. The molecule has 3 nitrogen and oxygen atoms in total. The van der Waals surface area contributed by atoms with Crippen LogP contribution in [0.1, 0.15) is 92.7 Å². The quantitative estimate of drug-likeness (QED) is 0.434. The van der Waals surface area contributed by atoms with Gasteiger partial charge in [0, 0.05) is 12.1 Å². The van der Waals surface area contributed by atoms with Crippen LogP contribution in [-0.4, -0.2) is 19.1 Å². The van der Waals surface area contributed by atoms with Crippen LogP contribution in [0.3, 0.4) is 0 Å². The van der Waals surface area contributed by atoms with Gasteiger partial charge in [-0.05, 0) is 67.0 Å². The Balaban J connectivity index is 1.84. The molecule has 2 atom stereocenters. The van der Waals surface area contributed by atoms with Crippen molar-refractivity contribution in [3.8, 4) is 11.1 Å². The highest BCUT2D eigenvalue weighted by atomic mass is 16.5. The molecule has 0 aliphatic heterocycles. The number of carbonyl (C=O) groups excluding carboxylic acids is 1. The molecule has 0 bridgehead atoms. The molecule has 1 saturated carbocycles. The molecule has 1 fully saturated rings. The Morgan fingerprint density at radius 2 is 1.84 bits per heavy atom. The van der Waals surface area contributed by atoms with Gasteiger partial charge >= 0.3 is 5.97 Å². The van der Waals surface area contributed by atoms with Gasteiger partial charge in [0.25, 0.3) is 0 Å². The average molecular weight is 422 g/mol. The molecular formula is C28H39NO2. The van der Waals surface area contributed by atoms with E-state index >= 15 is 0 Å². The van der Waals surface area contributed by atoms with Crippen molar-refractivity contribution in [3.63, 3.8) is 0 Å². The fourth-order valence-electron chi connectivity index (χ4n) is 5.11. The van der Waals surface area contributed by atoms with Crippen molar-refractivity contribution in [2.45, 2.75) is 84.2 Å². The molecule has 2 aromatic rings. The lowest BCUT2D eigenvalue weighted by molar-refractivity contribution is 0.0601. The normalized spacial score (nSPS) is 16.6. The number of ether oxygens (including phenoxy) is 1. The van der Waals surface area contributed by atoms with Crippen molar-refractivity contribution in [1.29, 1.82) is 0 Å². The number of methoxy groups -OCH3 is 1. The summed E-state index contributed by atoms with van der Waals surface area (Å²) >= 11 is 0. The molecule has 0 spiro atoms. The summed E-state index contributed by atoms with van der Waals surface area (Å²) in [5, 5.41) is 3.92. The summed E-state index contributed by atoms with van der Waals surface area (Å²) in [5.41, 5.74) is 5.04. The van der Waals surface area contributed by atoms with E-state index in [0.717, 1.165) is 22.6 Å². The summed E-state index contributed by atoms with van der Waals surface area (Å²) in [5.74, 6) is 0.584. The lowest BCUT2D eigenvalue weighted by Crippen LogP contribution is -2.33. The molecule has 0 aromatic heterocycles. The molecule has 1 aliphatic rings. The van der Waals surface area contributed by atoms with Crippen LogP contribution in [0.15, 0.2) is 42.5 Å². The van der Waals surface area contributed by atoms with Crippen molar-refractivity contribution in [2.75, 3.05) is 7.11 Å². The van der Waals surface area contributed by atoms with Gasteiger partial charge in [0.15, 0.2) is 0 Å². The molecule has 0 heterocycles. The zero-order valence-electron chi connectivity index (χ0n) is 19.7. The number of hydrogen-bond donors (Lipinski definition) is 1. The van der Waals surface area contributed by atoms with E-state index in [1.165, 1.54) is 64.0 Å². The van der Waals surface area contributed by atoms with E-state index in [2.05, 4.69) is 50.4 Å². The maximum absolute atomic E-state index is 12.4. The first-order valence-corrected chi connectivity index (χ1v) is 12.1. The minimum Gasteiger partial charge on any atom is -0.465 e. The number of rotatable bonds is 9. The number of carbonyl (C=O) groups is 1. The van der Waals surface area contributed by atoms with Gasteiger partial charge in [-0.1, -0.05) is 75.8 Å². The average Bonchev–Trinajstić information content (AvgIpc) is 2.79. The van der Waals surface area contributed by atoms with Crippen LogP contribution in [0.25, 0.3) is 11.1 Å². The largest absolute Gasteiger partial charge is 0.465 e. The van der Waals surface area contributed by atoms with Gasteiger partial charge in [-0.25, -0.2) is 4.79 Å². The van der Waals surface area contributed by atoms with Gasteiger partial charge in [0.1, 0.15) is 0 Å². The van der Waals surface area contributed by atoms with Gasteiger partial charge in [-0.2, -0.15) is 0 Å². The highest BCUT2D eigenvalue weighted by Crippen LogP contribution is 2.32. The van der Waals surface area contributed by atoms with Crippen LogP contribution in [0.2, 0.25) is 0 Å². The third kappa shape index (κ3) is 6.20. The Labute approximate surface area is 188 Å². The summed E-state index contributed by atoms with van der Waals surface area (Å²) in [6.45, 7) is 6.62. The second-order valence-corrected chi connectivity index (χ2v) is 9.23. The standard InChI is InChI=1S/C28H39NO2/c1-5-11-24(18-22-13-7-6-8-14-22)29-21(3)23-16-17-26(28(30)31-4)27(19-23)25-15-10-9-12-20(25)2/h9-10,12,15-17,19,21-22,24,29H,5-8,11,13-14,18H2,1-4H3. The fraction of sp³-hybridized carbons (Fsp3) is 0.536. The molecule has 0 radical (unpaired) electrons. The Hall–Kier alpha value is -2.13. The van der Waals surface area contributed by atoms with Crippen LogP contribution in [0.4, 0.5) is 0 Å². The molecule has 0 amide bonds. The van der Waals surface area contributed by atoms with E-state index in [1.54, 1.807) is 0 Å². The van der Waals surface area contributed by atoms with E-state index in [4.69, 9.17) is 4.74 Å². The van der Waals surface area contributed by atoms with Gasteiger partial charge in [0.05, 0.1) is 12.7 Å². The first kappa shape index (κ1) is 23.5. The predicted octanol–water partition coefficient (Wildman–Crippen LogP) is 7.24. The van der Waals surface area contributed by atoms with E-state index < -0.39 is 0 Å². The molecule has 2 aromatic carbocycles. The van der Waals surface area contributed by atoms with Crippen molar-refractivity contribution < 1.29 is 9.53 Å². The van der Waals surface area contributed by atoms with E-state index in [9.17, 15) is 4.79 Å². The molecule has 3 rings (SSSR count). The Bertz CT molecular complexity index is 854. The third-order valence-corrected chi connectivity index (χ3v) is 6.85. The van der Waals surface area contributed by atoms with Crippen molar-refractivity contribution in [3.05, 3.63) is 59.2 Å². The zero-order chi connectivity index (χ0) is 22.2. The van der Waals surface area contributed by atoms with Gasteiger partial charge < -0.3 is 10.1 Å². The summed E-state index contributed by atoms with van der Waals surface area (Å²) in [4.78, 5) is 12.4. The minimum absolute atomic E-state index is 0.231. The predicted molar refractivity (Wildman–Crippen MR) is 129 cm³/mol. The summed E-state index contributed by atoms with van der Waals surface area (Å²) in [6, 6.07) is 15.2. The molecule has 31 heavy (non-hydrogen) atoms. The summed E-state index contributed by atoms with van der Waals surface area (Å²) in [7, 11) is 1.45. The SMILES string of the molecule is CCCC(CC1CCCCC1)NC(C)c1ccc(C(=O)OC)c(-c2ccccc2C)c1. The molecule has 2 unspecified atom stereocenters. The Morgan fingerprint density at radius 1 is 1.10 bits per heavy atom. The van der Waals surface area contributed by atoms with Crippen molar-refractivity contribution in [1.82, 2.24) is 5.32 Å². The third-order valence-electron chi connectivity index (χ3n) is 6.85. The van der Waals surface area contributed by atoms with Crippen LogP contribution in [0, 0.1) is 12.8 Å². The molecule has 1 N–H and O–H groups in total. The fourth-order valence-corrected chi connectivity index (χ4v) is 5.11. The lowest BCUT2D eigenvalue weighted by atomic mass is 9.83. The monoisotopic (exact) mass is 421 g/mol. The van der Waals surface area contributed by atoms with Crippen molar-refractivity contribution >= 4 is 5.97 Å². The summed E-state index contributed by atoms with van der Waals surface area (Å²) in [6.07, 6.45) is 10.7. The minimum atomic E-state index is -0.286. The lowest BCUT2D eigenvalue weighted by Gasteiger charge is -2.29. The smallest absolute Gasteiger partial charge is 0.338 e. The molecule has 1 aliphatic carbocycles.